The van der Waals surface area contributed by atoms with Crippen LogP contribution in [0.2, 0.25) is 0 Å². The predicted molar refractivity (Wildman–Crippen MR) is 82.5 cm³/mol. The van der Waals surface area contributed by atoms with E-state index in [0.717, 1.165) is 79.3 Å². The average molecular weight is 423 g/mol. The van der Waals surface area contributed by atoms with Gasteiger partial charge in [0.1, 0.15) is 0 Å². The zero-order valence-corrected chi connectivity index (χ0v) is 16.0. The first-order valence-electron chi connectivity index (χ1n) is 6.93. The first-order chi connectivity index (χ1) is 10.7. The van der Waals surface area contributed by atoms with Crippen LogP contribution in [0.3, 0.4) is 0 Å². The van der Waals surface area contributed by atoms with Crippen molar-refractivity contribution in [2.75, 3.05) is 79.3 Å². The van der Waals surface area contributed by atoms with Crippen LogP contribution in [0.15, 0.2) is 0 Å². The van der Waals surface area contributed by atoms with Crippen molar-refractivity contribution >= 4 is 30.1 Å². The van der Waals surface area contributed by atoms with E-state index in [4.69, 9.17) is 58.6 Å². The second kappa shape index (κ2) is 20.2. The Kier molecular flexibility index (Phi) is 21.3. The van der Waals surface area contributed by atoms with Crippen LogP contribution in [0.25, 0.3) is 0 Å². The molecule has 0 aliphatic carbocycles. The van der Waals surface area contributed by atoms with Crippen molar-refractivity contribution in [1.82, 2.24) is 0 Å². The number of hydrogen-bond acceptors (Lipinski definition) is 6. The third kappa shape index (κ3) is 23.4. The fraction of sp³-hybridized carbons (Fsp3) is 1.00. The molecule has 0 amide bonds. The number of hydrogen-bond donors (Lipinski definition) is 0. The minimum absolute atomic E-state index is 0.778. The molecule has 22 heavy (non-hydrogen) atoms. The van der Waals surface area contributed by atoms with Gasteiger partial charge in [-0.2, -0.15) is 0 Å². The molecular weight excluding hydrogens is 398 g/mol. The van der Waals surface area contributed by atoms with Crippen LogP contribution in [0.1, 0.15) is 0 Å². The molecular formula is C12H24Cl3CrO6. The molecule has 0 aromatic heterocycles. The van der Waals surface area contributed by atoms with E-state index in [-0.39, 0.29) is 0 Å². The van der Waals surface area contributed by atoms with Crippen LogP contribution in [0.4, 0.5) is 0 Å². The normalized spacial score (nSPS) is 21.3. The molecule has 3 heterocycles. The summed E-state index contributed by atoms with van der Waals surface area (Å²) in [6, 6.07) is 0. The van der Waals surface area contributed by atoms with E-state index in [1.807, 2.05) is 0 Å². The molecule has 0 saturated carbocycles. The molecule has 0 atom stereocenters. The molecule has 3 rings (SSSR count). The van der Waals surface area contributed by atoms with Crippen molar-refractivity contribution in [3.63, 3.8) is 0 Å². The molecule has 0 N–H and O–H groups in total. The van der Waals surface area contributed by atoms with Crippen molar-refractivity contribution in [3.8, 4) is 0 Å². The maximum atomic E-state index is 4.94. The molecule has 3 fully saturated rings. The Labute approximate surface area is 149 Å². The van der Waals surface area contributed by atoms with Gasteiger partial charge in [0.05, 0.1) is 79.3 Å². The Balaban J connectivity index is 0.000000271. The summed E-state index contributed by atoms with van der Waals surface area (Å²) in [6.07, 6.45) is 0. The van der Waals surface area contributed by atoms with Gasteiger partial charge in [0, 0.05) is 0 Å². The van der Waals surface area contributed by atoms with E-state index < -0.39 is 11.4 Å². The van der Waals surface area contributed by atoms with Crippen LogP contribution in [0.5, 0.6) is 0 Å². The third-order valence-electron chi connectivity index (χ3n) is 2.23. The summed E-state index contributed by atoms with van der Waals surface area (Å²) in [5.74, 6) is 0. The Hall–Kier alpha value is 1.16. The Bertz CT molecular complexity index is 139. The molecule has 0 aromatic rings. The van der Waals surface area contributed by atoms with Crippen molar-refractivity contribution in [2.45, 2.75) is 0 Å². The molecule has 0 spiro atoms. The minimum atomic E-state index is -1.62. The summed E-state index contributed by atoms with van der Waals surface area (Å²) < 4.78 is 29.7. The second-order valence-corrected chi connectivity index (χ2v) is 10.2. The van der Waals surface area contributed by atoms with Gasteiger partial charge in [-0.15, -0.1) is 0 Å². The second-order valence-electron chi connectivity index (χ2n) is 3.85. The average Bonchev–Trinajstić information content (AvgIpc) is 2.60. The molecule has 0 bridgehead atoms. The summed E-state index contributed by atoms with van der Waals surface area (Å²) in [5, 5.41) is 0. The number of rotatable bonds is 0. The van der Waals surface area contributed by atoms with Gasteiger partial charge in [0.15, 0.2) is 0 Å². The first kappa shape index (κ1) is 23.2. The molecule has 6 nitrogen and oxygen atoms in total. The summed E-state index contributed by atoms with van der Waals surface area (Å²) in [4.78, 5) is 0. The zero-order valence-electron chi connectivity index (χ0n) is 12.5. The molecule has 3 aliphatic rings. The SMILES string of the molecule is C1COCCO1.C1COCCO1.C1COCCO1.[Cl][Cr]([Cl])[Cl]. The number of ether oxygens (including phenoxy) is 6. The molecule has 0 radical (unpaired) electrons. The van der Waals surface area contributed by atoms with Crippen molar-refractivity contribution in [2.24, 2.45) is 0 Å². The van der Waals surface area contributed by atoms with E-state index >= 15 is 0 Å². The molecule has 0 aromatic carbocycles. The van der Waals surface area contributed by atoms with E-state index in [9.17, 15) is 0 Å². The van der Waals surface area contributed by atoms with Gasteiger partial charge < -0.3 is 28.4 Å². The van der Waals surface area contributed by atoms with Gasteiger partial charge in [-0.25, -0.2) is 0 Å². The van der Waals surface area contributed by atoms with Crippen LogP contribution in [0, 0.1) is 0 Å². The summed E-state index contributed by atoms with van der Waals surface area (Å²) in [6.45, 7) is 9.33. The van der Waals surface area contributed by atoms with Gasteiger partial charge in [0.2, 0.25) is 0 Å². The Morgan fingerprint density at radius 2 is 0.455 bits per heavy atom. The summed E-state index contributed by atoms with van der Waals surface area (Å²) in [5.41, 5.74) is 0. The quantitative estimate of drug-likeness (QED) is 0.596. The van der Waals surface area contributed by atoms with Gasteiger partial charge in [0.25, 0.3) is 0 Å². The standard InChI is InChI=1S/3C4H8O2.3ClH.Cr/c3*1-2-6-4-3-5-1;;;;/h3*1-4H2;3*1H;/q;;;;;;+3/p-3. The van der Waals surface area contributed by atoms with Crippen molar-refractivity contribution < 1.29 is 39.8 Å². The summed E-state index contributed by atoms with van der Waals surface area (Å²) in [7, 11) is 14.8. The van der Waals surface area contributed by atoms with E-state index in [2.05, 4.69) is 0 Å². The molecule has 135 valence electrons. The monoisotopic (exact) mass is 421 g/mol. The zero-order chi connectivity index (χ0) is 16.3. The van der Waals surface area contributed by atoms with E-state index in [0.29, 0.717) is 0 Å². The van der Waals surface area contributed by atoms with Crippen LogP contribution in [-0.2, 0) is 39.8 Å². The van der Waals surface area contributed by atoms with Gasteiger partial charge in [-0.3, -0.25) is 0 Å². The molecule has 3 aliphatic heterocycles. The van der Waals surface area contributed by atoms with E-state index in [1.165, 1.54) is 0 Å². The maximum absolute atomic E-state index is 4.94. The molecule has 10 heteroatoms. The predicted octanol–water partition coefficient (Wildman–Crippen LogP) is 2.17. The fourth-order valence-corrected chi connectivity index (χ4v) is 1.32. The van der Waals surface area contributed by atoms with Crippen molar-refractivity contribution in [1.29, 1.82) is 0 Å². The topological polar surface area (TPSA) is 55.4 Å². The first-order valence-corrected chi connectivity index (χ1v) is 12.2. The van der Waals surface area contributed by atoms with Gasteiger partial charge >= 0.3 is 41.5 Å². The summed E-state index contributed by atoms with van der Waals surface area (Å²) >= 11 is -1.62. The number of halogens is 3. The van der Waals surface area contributed by atoms with Crippen LogP contribution in [-0.4, -0.2) is 79.3 Å². The van der Waals surface area contributed by atoms with Crippen molar-refractivity contribution in [3.05, 3.63) is 0 Å². The van der Waals surface area contributed by atoms with Crippen LogP contribution < -0.4 is 0 Å². The van der Waals surface area contributed by atoms with Gasteiger partial charge in [-0.1, -0.05) is 0 Å². The fourth-order valence-electron chi connectivity index (χ4n) is 1.32. The molecule has 0 unspecified atom stereocenters. The Morgan fingerprint density at radius 1 is 0.364 bits per heavy atom. The Morgan fingerprint density at radius 3 is 0.500 bits per heavy atom. The van der Waals surface area contributed by atoms with Crippen LogP contribution >= 0.6 is 30.1 Å². The van der Waals surface area contributed by atoms with Gasteiger partial charge in [-0.05, 0) is 0 Å². The van der Waals surface area contributed by atoms with E-state index in [1.54, 1.807) is 0 Å². The molecule has 3 saturated heterocycles. The third-order valence-corrected chi connectivity index (χ3v) is 2.23.